The second-order valence-electron chi connectivity index (χ2n) is 1.06. The van der Waals surface area contributed by atoms with Crippen LogP contribution in [0.5, 0.6) is 0 Å². The van der Waals surface area contributed by atoms with Gasteiger partial charge in [0, 0.05) is 0 Å². The van der Waals surface area contributed by atoms with Gasteiger partial charge in [0.1, 0.15) is 0 Å². The fraction of sp³-hybridized carbons (Fsp3) is 1.00. The molecule has 0 nitrogen and oxygen atoms in total. The Labute approximate surface area is 52.9 Å². The minimum atomic E-state index is -3.80. The van der Waals surface area contributed by atoms with Gasteiger partial charge in [0.25, 0.3) is 0 Å². The van der Waals surface area contributed by atoms with Crippen molar-refractivity contribution in [1.29, 1.82) is 0 Å². The fourth-order valence-corrected chi connectivity index (χ4v) is 0. The van der Waals surface area contributed by atoms with Gasteiger partial charge < -0.3 is 0 Å². The van der Waals surface area contributed by atoms with E-state index in [-0.39, 0.29) is 0 Å². The summed E-state index contributed by atoms with van der Waals surface area (Å²) in [5.74, 6) is 0. The summed E-state index contributed by atoms with van der Waals surface area (Å²) in [4.78, 5) is 0. The van der Waals surface area contributed by atoms with Gasteiger partial charge in [-0.2, -0.15) is 0 Å². The molecule has 0 aliphatic heterocycles. The molecule has 0 atom stereocenters. The standard InChI is InChI=1S/CH3.4ClH.Nb/h1H3;4*1H;/q;;;;;+4/p-4. The quantitative estimate of drug-likeness (QED) is 0.578. The van der Waals surface area contributed by atoms with Gasteiger partial charge in [0.05, 0.1) is 0 Å². The van der Waals surface area contributed by atoms with Gasteiger partial charge in [-0.05, 0) is 0 Å². The maximum absolute atomic E-state index is 5.28. The molecular weight excluding hydrogens is 247 g/mol. The molecule has 0 radical (unpaired) electrons. The van der Waals surface area contributed by atoms with Crippen LogP contribution in [-0.4, -0.2) is 0 Å². The van der Waals surface area contributed by atoms with E-state index in [1.165, 1.54) is 5.14 Å². The van der Waals surface area contributed by atoms with Crippen LogP contribution in [0.4, 0.5) is 0 Å². The van der Waals surface area contributed by atoms with Crippen molar-refractivity contribution in [3.05, 3.63) is 0 Å². The number of halogens is 4. The fourth-order valence-electron chi connectivity index (χ4n) is 0. The summed E-state index contributed by atoms with van der Waals surface area (Å²) in [5.41, 5.74) is 0. The van der Waals surface area contributed by atoms with Crippen molar-refractivity contribution >= 4 is 36.8 Å². The van der Waals surface area contributed by atoms with Crippen LogP contribution in [-0.2, 0) is 11.5 Å². The van der Waals surface area contributed by atoms with E-state index in [0.29, 0.717) is 0 Å². The van der Waals surface area contributed by atoms with Crippen molar-refractivity contribution < 1.29 is 11.5 Å². The molecule has 0 saturated heterocycles. The molecule has 0 unspecified atom stereocenters. The van der Waals surface area contributed by atoms with Gasteiger partial charge in [-0.25, -0.2) is 0 Å². The molecule has 40 valence electrons. The van der Waals surface area contributed by atoms with Gasteiger partial charge in [-0.3, -0.25) is 0 Å². The first-order valence-corrected chi connectivity index (χ1v) is 14.6. The summed E-state index contributed by atoms with van der Waals surface area (Å²) in [6, 6.07) is 0. The molecular formula is CH3Cl4Nb. The maximum atomic E-state index is 5.28. The van der Waals surface area contributed by atoms with E-state index in [1.807, 2.05) is 0 Å². The molecule has 0 aromatic carbocycles. The molecule has 6 heavy (non-hydrogen) atoms. The van der Waals surface area contributed by atoms with E-state index in [4.69, 9.17) is 36.8 Å². The van der Waals surface area contributed by atoms with Crippen molar-refractivity contribution in [2.24, 2.45) is 0 Å². The Morgan fingerprint density at radius 1 is 1.00 bits per heavy atom. The van der Waals surface area contributed by atoms with E-state index in [9.17, 15) is 0 Å². The van der Waals surface area contributed by atoms with Gasteiger partial charge in [0.2, 0.25) is 0 Å². The summed E-state index contributed by atoms with van der Waals surface area (Å²) in [5, 5.41) is 1.47. The monoisotopic (exact) mass is 248 g/mol. The van der Waals surface area contributed by atoms with E-state index in [2.05, 4.69) is 0 Å². The zero-order valence-corrected chi connectivity index (χ0v) is 8.18. The van der Waals surface area contributed by atoms with E-state index < -0.39 is 11.5 Å². The zero-order chi connectivity index (χ0) is 5.45. The molecule has 0 aliphatic carbocycles. The summed E-state index contributed by atoms with van der Waals surface area (Å²) in [7, 11) is 21.1. The molecule has 0 spiro atoms. The van der Waals surface area contributed by atoms with Crippen LogP contribution in [0.1, 0.15) is 0 Å². The van der Waals surface area contributed by atoms with Crippen LogP contribution in [0, 0.1) is 0 Å². The van der Waals surface area contributed by atoms with Crippen LogP contribution in [0.3, 0.4) is 0 Å². The van der Waals surface area contributed by atoms with Crippen LogP contribution in [0.2, 0.25) is 5.14 Å². The Hall–Kier alpha value is 1.90. The summed E-state index contributed by atoms with van der Waals surface area (Å²) in [6.07, 6.45) is 0. The first-order chi connectivity index (χ1) is 2.24. The Bertz CT molecular complexity index is 40.7. The second kappa shape index (κ2) is 1.70. The topological polar surface area (TPSA) is 0 Å². The van der Waals surface area contributed by atoms with Crippen LogP contribution < -0.4 is 0 Å². The SMILES string of the molecule is [CH3][Nb]([Cl])([Cl])([Cl])[Cl]. The predicted molar refractivity (Wildman–Crippen MR) is 29.3 cm³/mol. The molecule has 0 saturated carbocycles. The second-order valence-corrected chi connectivity index (χ2v) is 32.4. The van der Waals surface area contributed by atoms with Crippen molar-refractivity contribution in [3.63, 3.8) is 0 Å². The Morgan fingerprint density at radius 2 is 1.00 bits per heavy atom. The third-order valence-electron chi connectivity index (χ3n) is 0. The summed E-state index contributed by atoms with van der Waals surface area (Å²) in [6.45, 7) is 0. The molecule has 0 fully saturated rings. The molecule has 5 heteroatoms. The molecule has 0 aromatic heterocycles. The van der Waals surface area contributed by atoms with Crippen LogP contribution in [0.15, 0.2) is 0 Å². The van der Waals surface area contributed by atoms with Gasteiger partial charge >= 0.3 is 53.4 Å². The van der Waals surface area contributed by atoms with Gasteiger partial charge in [0.15, 0.2) is 0 Å². The molecule has 0 rings (SSSR count). The normalized spacial score (nSPS) is 19.2. The number of rotatable bonds is 0. The average Bonchev–Trinajstić information content (AvgIpc) is 0.650. The van der Waals surface area contributed by atoms with Crippen molar-refractivity contribution in [1.82, 2.24) is 0 Å². The average molecular weight is 250 g/mol. The summed E-state index contributed by atoms with van der Waals surface area (Å²) < 4.78 is 0. The molecule has 0 aromatic rings. The van der Waals surface area contributed by atoms with Crippen LogP contribution >= 0.6 is 36.8 Å². The molecule has 0 heterocycles. The summed E-state index contributed by atoms with van der Waals surface area (Å²) >= 11 is -3.80. The number of hydrogen-bond donors (Lipinski definition) is 0. The molecule has 0 amide bonds. The van der Waals surface area contributed by atoms with Crippen molar-refractivity contribution in [2.45, 2.75) is 5.14 Å². The molecule has 0 aliphatic rings. The number of hydrogen-bond acceptors (Lipinski definition) is 0. The van der Waals surface area contributed by atoms with Gasteiger partial charge in [-0.15, -0.1) is 0 Å². The third-order valence-corrected chi connectivity index (χ3v) is 0. The van der Waals surface area contributed by atoms with E-state index >= 15 is 0 Å². The van der Waals surface area contributed by atoms with Crippen LogP contribution in [0.25, 0.3) is 0 Å². The Balaban J connectivity index is 3.73. The van der Waals surface area contributed by atoms with E-state index in [1.54, 1.807) is 0 Å². The Kier molecular flexibility index (Phi) is 2.23. The zero-order valence-electron chi connectivity index (χ0n) is 2.96. The minimum absolute atomic E-state index is 1.47. The van der Waals surface area contributed by atoms with Gasteiger partial charge in [-0.1, -0.05) is 0 Å². The van der Waals surface area contributed by atoms with Crippen molar-refractivity contribution in [2.75, 3.05) is 0 Å². The predicted octanol–water partition coefficient (Wildman–Crippen LogP) is 3.34. The Morgan fingerprint density at radius 3 is 1.00 bits per heavy atom. The first-order valence-electron chi connectivity index (χ1n) is 1.12. The third kappa shape index (κ3) is 39.2. The first kappa shape index (κ1) is 7.90. The molecule has 0 N–H and O–H groups in total. The molecule has 0 bridgehead atoms. The van der Waals surface area contributed by atoms with Crippen molar-refractivity contribution in [3.8, 4) is 0 Å². The van der Waals surface area contributed by atoms with E-state index in [0.717, 1.165) is 0 Å².